The molecule has 0 bridgehead atoms. The number of likely N-dealkylation sites (N-methyl/N-ethyl adjacent to an activating group) is 1. The molecule has 1 aromatic carbocycles. The summed E-state index contributed by atoms with van der Waals surface area (Å²) in [7, 11) is -2.83. The minimum absolute atomic E-state index is 0.122. The van der Waals surface area contributed by atoms with Gasteiger partial charge >= 0.3 is 6.18 Å². The third-order valence-electron chi connectivity index (χ3n) is 5.65. The standard InChI is InChI=1S/C23H22F3N5O3S/c1-16-7-3-4-8-17(16)18-13-20(28-14-19(18)23(24,25)26)31(30-12-11-29(2)22(32)15-30)35(33,34)21-9-5-6-10-27-21/h3-10,13-14H,11-12,15H2,1-2H3. The van der Waals surface area contributed by atoms with Crippen molar-refractivity contribution in [3.8, 4) is 11.1 Å². The molecular weight excluding hydrogens is 483 g/mol. The zero-order valence-corrected chi connectivity index (χ0v) is 19.7. The van der Waals surface area contributed by atoms with Crippen molar-refractivity contribution in [1.29, 1.82) is 0 Å². The first kappa shape index (κ1) is 24.6. The lowest BCUT2D eigenvalue weighted by molar-refractivity contribution is -0.137. The lowest BCUT2D eigenvalue weighted by Crippen LogP contribution is -2.57. The molecule has 3 heterocycles. The molecule has 1 aliphatic heterocycles. The maximum atomic E-state index is 13.9. The van der Waals surface area contributed by atoms with Crippen molar-refractivity contribution in [2.75, 3.05) is 31.1 Å². The quantitative estimate of drug-likeness (QED) is 0.529. The second-order valence-electron chi connectivity index (χ2n) is 8.02. The number of hydrogen-bond acceptors (Lipinski definition) is 6. The smallest absolute Gasteiger partial charge is 0.343 e. The Bertz CT molecular complexity index is 1350. The Labute approximate surface area is 200 Å². The summed E-state index contributed by atoms with van der Waals surface area (Å²) in [5, 5.41) is 0.925. The van der Waals surface area contributed by atoms with E-state index in [0.29, 0.717) is 11.8 Å². The Kier molecular flexibility index (Phi) is 6.52. The fourth-order valence-electron chi connectivity index (χ4n) is 3.78. The van der Waals surface area contributed by atoms with Gasteiger partial charge in [0.2, 0.25) is 5.91 Å². The lowest BCUT2D eigenvalue weighted by Gasteiger charge is -2.39. The maximum Gasteiger partial charge on any atom is 0.418 e. The Morgan fingerprint density at radius 3 is 2.34 bits per heavy atom. The van der Waals surface area contributed by atoms with Crippen LogP contribution in [0.2, 0.25) is 0 Å². The van der Waals surface area contributed by atoms with Crippen molar-refractivity contribution in [2.45, 2.75) is 18.1 Å². The van der Waals surface area contributed by atoms with Crippen LogP contribution in [0.3, 0.4) is 0 Å². The molecule has 2 aromatic heterocycles. The summed E-state index contributed by atoms with van der Waals surface area (Å²) in [4.78, 5) is 21.7. The Morgan fingerprint density at radius 2 is 1.71 bits per heavy atom. The number of anilines is 1. The van der Waals surface area contributed by atoms with E-state index >= 15 is 0 Å². The molecule has 1 saturated heterocycles. The number of aryl methyl sites for hydroxylation is 1. The normalized spacial score (nSPS) is 15.3. The Morgan fingerprint density at radius 1 is 1.00 bits per heavy atom. The molecule has 4 rings (SSSR count). The van der Waals surface area contributed by atoms with E-state index in [4.69, 9.17) is 0 Å². The van der Waals surface area contributed by atoms with Gasteiger partial charge in [0, 0.05) is 32.5 Å². The van der Waals surface area contributed by atoms with Crippen molar-refractivity contribution < 1.29 is 26.4 Å². The van der Waals surface area contributed by atoms with Crippen molar-refractivity contribution in [2.24, 2.45) is 0 Å². The first-order chi connectivity index (χ1) is 16.5. The van der Waals surface area contributed by atoms with Crippen molar-refractivity contribution >= 4 is 21.7 Å². The summed E-state index contributed by atoms with van der Waals surface area (Å²) in [6.45, 7) is 1.71. The van der Waals surface area contributed by atoms with E-state index in [1.165, 1.54) is 40.4 Å². The van der Waals surface area contributed by atoms with Crippen LogP contribution in [-0.4, -0.2) is 60.9 Å². The number of carbonyl (C=O) groups excluding carboxylic acids is 1. The molecule has 35 heavy (non-hydrogen) atoms. The van der Waals surface area contributed by atoms with Crippen LogP contribution >= 0.6 is 0 Å². The number of piperazine rings is 1. The maximum absolute atomic E-state index is 13.9. The predicted octanol–water partition coefficient (Wildman–Crippen LogP) is 3.36. The number of hydrogen-bond donors (Lipinski definition) is 0. The van der Waals surface area contributed by atoms with Gasteiger partial charge in [0.05, 0.1) is 12.1 Å². The molecule has 0 aliphatic carbocycles. The number of benzene rings is 1. The Hall–Kier alpha value is -3.51. The van der Waals surface area contributed by atoms with E-state index in [1.807, 2.05) is 0 Å². The highest BCUT2D eigenvalue weighted by Gasteiger charge is 2.39. The van der Waals surface area contributed by atoms with Gasteiger partial charge in [-0.15, -0.1) is 0 Å². The minimum Gasteiger partial charge on any atom is -0.343 e. The number of sulfonamides is 1. The van der Waals surface area contributed by atoms with Crippen molar-refractivity contribution in [3.05, 3.63) is 72.1 Å². The summed E-state index contributed by atoms with van der Waals surface area (Å²) in [6.07, 6.45) is -2.81. The summed E-state index contributed by atoms with van der Waals surface area (Å²) >= 11 is 0. The zero-order valence-electron chi connectivity index (χ0n) is 18.9. The second kappa shape index (κ2) is 9.27. The molecule has 0 radical (unpaired) electrons. The van der Waals surface area contributed by atoms with Crippen LogP contribution in [0.25, 0.3) is 11.1 Å². The van der Waals surface area contributed by atoms with E-state index in [2.05, 4.69) is 9.97 Å². The van der Waals surface area contributed by atoms with Gasteiger partial charge in [0.1, 0.15) is 0 Å². The molecule has 0 unspecified atom stereocenters. The minimum atomic E-state index is -4.72. The number of nitrogens with zero attached hydrogens (tertiary/aromatic N) is 5. The molecule has 1 fully saturated rings. The number of halogens is 3. The van der Waals surface area contributed by atoms with E-state index in [1.54, 1.807) is 32.2 Å². The monoisotopic (exact) mass is 505 g/mol. The van der Waals surface area contributed by atoms with Gasteiger partial charge in [-0.3, -0.25) is 4.79 Å². The fourth-order valence-corrected chi connectivity index (χ4v) is 5.19. The molecule has 1 aliphatic rings. The van der Waals surface area contributed by atoms with Gasteiger partial charge in [-0.1, -0.05) is 30.3 Å². The third-order valence-corrected chi connectivity index (χ3v) is 7.29. The van der Waals surface area contributed by atoms with Crippen molar-refractivity contribution in [1.82, 2.24) is 19.9 Å². The highest BCUT2D eigenvalue weighted by atomic mass is 32.2. The van der Waals surface area contributed by atoms with Crippen LogP contribution < -0.4 is 4.41 Å². The van der Waals surface area contributed by atoms with Gasteiger partial charge in [0.25, 0.3) is 10.0 Å². The SMILES string of the molecule is Cc1ccccc1-c1cc(N(N2CCN(C)C(=O)C2)S(=O)(=O)c2ccccn2)ncc1C(F)(F)F. The molecule has 3 aromatic rings. The predicted molar refractivity (Wildman–Crippen MR) is 123 cm³/mol. The number of rotatable bonds is 5. The van der Waals surface area contributed by atoms with Gasteiger partial charge in [-0.05, 0) is 41.8 Å². The number of amides is 1. The molecule has 184 valence electrons. The van der Waals surface area contributed by atoms with E-state index in [-0.39, 0.29) is 47.5 Å². The van der Waals surface area contributed by atoms with Crippen LogP contribution in [0.5, 0.6) is 0 Å². The molecule has 12 heteroatoms. The first-order valence-corrected chi connectivity index (χ1v) is 12.0. The summed E-state index contributed by atoms with van der Waals surface area (Å²) in [6, 6.07) is 11.9. The van der Waals surface area contributed by atoms with Gasteiger partial charge < -0.3 is 4.90 Å². The third kappa shape index (κ3) is 4.84. The van der Waals surface area contributed by atoms with Crippen LogP contribution in [0.15, 0.2) is 66.0 Å². The molecule has 0 N–H and O–H groups in total. The number of hydrazine groups is 1. The molecule has 0 saturated carbocycles. The largest absolute Gasteiger partial charge is 0.418 e. The lowest BCUT2D eigenvalue weighted by atomic mass is 9.97. The van der Waals surface area contributed by atoms with Crippen LogP contribution in [0.1, 0.15) is 11.1 Å². The van der Waals surface area contributed by atoms with Gasteiger partial charge in [-0.2, -0.15) is 31.0 Å². The highest BCUT2D eigenvalue weighted by Crippen LogP contribution is 2.40. The average Bonchev–Trinajstić information content (AvgIpc) is 2.81. The summed E-state index contributed by atoms with van der Waals surface area (Å²) in [5.41, 5.74) is -0.361. The number of aromatic nitrogens is 2. The number of carbonyl (C=O) groups is 1. The Balaban J connectivity index is 1.93. The molecular formula is C23H22F3N5O3S. The van der Waals surface area contributed by atoms with Crippen LogP contribution in [0.4, 0.5) is 19.0 Å². The number of pyridine rings is 2. The van der Waals surface area contributed by atoms with Gasteiger partial charge in [-0.25, -0.2) is 9.97 Å². The van der Waals surface area contributed by atoms with E-state index < -0.39 is 21.8 Å². The second-order valence-corrected chi connectivity index (χ2v) is 9.73. The number of alkyl halides is 3. The highest BCUT2D eigenvalue weighted by molar-refractivity contribution is 7.92. The molecule has 1 amide bonds. The molecule has 0 spiro atoms. The van der Waals surface area contributed by atoms with E-state index in [0.717, 1.165) is 10.5 Å². The summed E-state index contributed by atoms with van der Waals surface area (Å²) in [5.74, 6) is -0.622. The van der Waals surface area contributed by atoms with E-state index in [9.17, 15) is 26.4 Å². The topological polar surface area (TPSA) is 86.7 Å². The first-order valence-electron chi connectivity index (χ1n) is 10.6. The van der Waals surface area contributed by atoms with Crippen molar-refractivity contribution in [3.63, 3.8) is 0 Å². The van der Waals surface area contributed by atoms with Crippen LogP contribution in [-0.2, 0) is 21.0 Å². The average molecular weight is 506 g/mol. The summed E-state index contributed by atoms with van der Waals surface area (Å²) < 4.78 is 69.8. The zero-order chi connectivity index (χ0) is 25.4. The van der Waals surface area contributed by atoms with Crippen LogP contribution in [0, 0.1) is 6.92 Å². The van der Waals surface area contributed by atoms with Gasteiger partial charge in [0.15, 0.2) is 10.8 Å². The fraction of sp³-hybridized carbons (Fsp3) is 0.261. The molecule has 8 nitrogen and oxygen atoms in total. The molecule has 0 atom stereocenters.